The number of benzene rings is 2. The molecule has 0 aliphatic rings. The number of aromatic nitrogens is 2. The number of rotatable bonds is 12. The first-order valence-corrected chi connectivity index (χ1v) is 12.4. The van der Waals surface area contributed by atoms with Crippen LogP contribution in [0.25, 0.3) is 0 Å². The Labute approximate surface area is 227 Å². The molecule has 3 N–H and O–H groups in total. The van der Waals surface area contributed by atoms with Crippen molar-refractivity contribution >= 4 is 23.8 Å². The van der Waals surface area contributed by atoms with Crippen molar-refractivity contribution < 1.29 is 28.6 Å². The predicted octanol–water partition coefficient (Wildman–Crippen LogP) is 2.98. The molecule has 0 fully saturated rings. The Balaban J connectivity index is 1.57. The van der Waals surface area contributed by atoms with Crippen LogP contribution in [0, 0.1) is 5.92 Å². The Morgan fingerprint density at radius 3 is 2.26 bits per heavy atom. The van der Waals surface area contributed by atoms with Crippen molar-refractivity contribution in [1.29, 1.82) is 0 Å². The number of nitrogens with one attached hydrogen (secondary N) is 1. The first-order valence-electron chi connectivity index (χ1n) is 12.4. The van der Waals surface area contributed by atoms with Crippen LogP contribution in [0.15, 0.2) is 73.1 Å². The standard InChI is InChI=1S/C28H33N5O6/c1-28(2,3)39-26(36)23(25(35)38-19-20-8-5-4-6-9-20)18-33(29)24(34)21-10-12-22(13-11-21)37-17-16-32-27-30-14-7-15-31-27/h4-15,23H,16-19,29H2,1-3H3,(H,30,31,32)/t23-/m0/s1. The number of ether oxygens (including phenoxy) is 3. The van der Waals surface area contributed by atoms with Crippen molar-refractivity contribution in [1.82, 2.24) is 15.0 Å². The lowest BCUT2D eigenvalue weighted by Gasteiger charge is -2.26. The van der Waals surface area contributed by atoms with Gasteiger partial charge in [0.15, 0.2) is 5.92 Å². The highest BCUT2D eigenvalue weighted by atomic mass is 16.6. The molecule has 0 saturated heterocycles. The minimum Gasteiger partial charge on any atom is -0.492 e. The molecule has 1 amide bonds. The second-order valence-electron chi connectivity index (χ2n) is 9.51. The minimum absolute atomic E-state index is 0.0349. The molecule has 1 aromatic heterocycles. The number of amides is 1. The molecular weight excluding hydrogens is 502 g/mol. The third-order valence-electron chi connectivity index (χ3n) is 5.16. The summed E-state index contributed by atoms with van der Waals surface area (Å²) in [5.41, 5.74) is 0.153. The lowest BCUT2D eigenvalue weighted by Crippen LogP contribution is -2.46. The topological polar surface area (TPSA) is 146 Å². The Morgan fingerprint density at radius 1 is 0.949 bits per heavy atom. The molecule has 0 aliphatic carbocycles. The van der Waals surface area contributed by atoms with E-state index in [2.05, 4.69) is 15.3 Å². The Morgan fingerprint density at radius 2 is 1.62 bits per heavy atom. The van der Waals surface area contributed by atoms with Crippen LogP contribution in [-0.4, -0.2) is 58.1 Å². The first kappa shape index (κ1) is 29.1. The van der Waals surface area contributed by atoms with E-state index in [1.807, 2.05) is 18.2 Å². The Bertz CT molecular complexity index is 1220. The van der Waals surface area contributed by atoms with Gasteiger partial charge < -0.3 is 19.5 Å². The maximum absolute atomic E-state index is 13.0. The van der Waals surface area contributed by atoms with Crippen LogP contribution in [-0.2, 0) is 25.7 Å². The summed E-state index contributed by atoms with van der Waals surface area (Å²) in [6, 6.07) is 17.1. The fourth-order valence-electron chi connectivity index (χ4n) is 3.31. The molecule has 0 bridgehead atoms. The largest absolute Gasteiger partial charge is 0.492 e. The van der Waals surface area contributed by atoms with Crippen LogP contribution in [0.5, 0.6) is 5.75 Å². The molecule has 0 aliphatic heterocycles. The lowest BCUT2D eigenvalue weighted by molar-refractivity contribution is -0.170. The van der Waals surface area contributed by atoms with E-state index in [0.29, 0.717) is 24.8 Å². The van der Waals surface area contributed by atoms with E-state index in [-0.39, 0.29) is 12.2 Å². The highest BCUT2D eigenvalue weighted by Crippen LogP contribution is 2.17. The molecule has 3 rings (SSSR count). The number of hydrogen-bond acceptors (Lipinski definition) is 10. The molecule has 0 radical (unpaired) electrons. The SMILES string of the molecule is CC(C)(C)OC(=O)[C@@H](CN(N)C(=O)c1ccc(OCCNc2ncccn2)cc1)C(=O)OCc1ccccc1. The van der Waals surface area contributed by atoms with E-state index in [0.717, 1.165) is 10.6 Å². The van der Waals surface area contributed by atoms with Gasteiger partial charge in [0.05, 0.1) is 13.1 Å². The summed E-state index contributed by atoms with van der Waals surface area (Å²) in [4.78, 5) is 46.8. The summed E-state index contributed by atoms with van der Waals surface area (Å²) in [6.07, 6.45) is 3.27. The number of carbonyl (C=O) groups excluding carboxylic acids is 3. The molecule has 0 spiro atoms. The van der Waals surface area contributed by atoms with Crippen LogP contribution in [0.1, 0.15) is 36.7 Å². The quantitative estimate of drug-likeness (QED) is 0.0886. The third kappa shape index (κ3) is 9.71. The van der Waals surface area contributed by atoms with Gasteiger partial charge in [-0.2, -0.15) is 0 Å². The summed E-state index contributed by atoms with van der Waals surface area (Å²) in [5, 5.41) is 3.83. The number of hydrazine groups is 1. The number of carbonyl (C=O) groups is 3. The highest BCUT2D eigenvalue weighted by molar-refractivity contribution is 5.98. The van der Waals surface area contributed by atoms with Crippen molar-refractivity contribution in [3.05, 3.63) is 84.2 Å². The molecule has 2 aromatic carbocycles. The van der Waals surface area contributed by atoms with Crippen LogP contribution >= 0.6 is 0 Å². The number of nitrogens with two attached hydrogens (primary N) is 1. The maximum atomic E-state index is 13.0. The third-order valence-corrected chi connectivity index (χ3v) is 5.16. The number of esters is 2. The highest BCUT2D eigenvalue weighted by Gasteiger charge is 2.35. The molecule has 206 valence electrons. The van der Waals surface area contributed by atoms with Crippen molar-refractivity contribution in [3.8, 4) is 5.75 Å². The number of anilines is 1. The summed E-state index contributed by atoms with van der Waals surface area (Å²) >= 11 is 0. The summed E-state index contributed by atoms with van der Waals surface area (Å²) in [5.74, 6) is 3.36. The van der Waals surface area contributed by atoms with Crippen LogP contribution < -0.4 is 15.9 Å². The molecule has 11 heteroatoms. The van der Waals surface area contributed by atoms with Gasteiger partial charge in [-0.1, -0.05) is 30.3 Å². The van der Waals surface area contributed by atoms with Crippen LogP contribution in [0.4, 0.5) is 5.95 Å². The molecule has 1 atom stereocenters. The normalized spacial score (nSPS) is 11.7. The second kappa shape index (κ2) is 13.9. The van der Waals surface area contributed by atoms with E-state index >= 15 is 0 Å². The van der Waals surface area contributed by atoms with E-state index in [9.17, 15) is 14.4 Å². The summed E-state index contributed by atoms with van der Waals surface area (Å²) < 4.78 is 16.4. The van der Waals surface area contributed by atoms with E-state index in [4.69, 9.17) is 20.1 Å². The maximum Gasteiger partial charge on any atom is 0.322 e. The molecule has 3 aromatic rings. The molecule has 11 nitrogen and oxygen atoms in total. The van der Waals surface area contributed by atoms with Gasteiger partial charge in [-0.05, 0) is 56.7 Å². The lowest BCUT2D eigenvalue weighted by atomic mass is 10.1. The Hall–Kier alpha value is -4.51. The average molecular weight is 536 g/mol. The van der Waals surface area contributed by atoms with Crippen molar-refractivity contribution in [2.24, 2.45) is 11.8 Å². The molecular formula is C28H33N5O6. The molecule has 0 saturated carbocycles. The van der Waals surface area contributed by atoms with E-state index in [1.165, 1.54) is 0 Å². The van der Waals surface area contributed by atoms with Gasteiger partial charge in [-0.25, -0.2) is 15.8 Å². The average Bonchev–Trinajstić information content (AvgIpc) is 2.92. The zero-order valence-corrected chi connectivity index (χ0v) is 22.2. The van der Waals surface area contributed by atoms with Gasteiger partial charge >= 0.3 is 11.9 Å². The van der Waals surface area contributed by atoms with Gasteiger partial charge in [0, 0.05) is 18.0 Å². The van der Waals surface area contributed by atoms with Crippen molar-refractivity contribution in [2.45, 2.75) is 33.0 Å². The fraction of sp³-hybridized carbons (Fsp3) is 0.321. The molecule has 0 unspecified atom stereocenters. The number of hydrogen-bond donors (Lipinski definition) is 2. The van der Waals surface area contributed by atoms with Gasteiger partial charge in [0.25, 0.3) is 5.91 Å². The van der Waals surface area contributed by atoms with Crippen LogP contribution in [0.3, 0.4) is 0 Å². The zero-order chi connectivity index (χ0) is 28.3. The smallest absolute Gasteiger partial charge is 0.322 e. The van der Waals surface area contributed by atoms with Gasteiger partial charge in [0.2, 0.25) is 5.95 Å². The summed E-state index contributed by atoms with van der Waals surface area (Å²) in [6.45, 7) is 5.40. The Kier molecular flexibility index (Phi) is 10.3. The molecule has 1 heterocycles. The van der Waals surface area contributed by atoms with E-state index < -0.39 is 35.9 Å². The second-order valence-corrected chi connectivity index (χ2v) is 9.51. The van der Waals surface area contributed by atoms with Crippen LogP contribution in [0.2, 0.25) is 0 Å². The van der Waals surface area contributed by atoms with Gasteiger partial charge in [-0.15, -0.1) is 0 Å². The summed E-state index contributed by atoms with van der Waals surface area (Å²) in [7, 11) is 0. The van der Waals surface area contributed by atoms with Crippen molar-refractivity contribution in [3.63, 3.8) is 0 Å². The van der Waals surface area contributed by atoms with Gasteiger partial charge in [0.1, 0.15) is 24.6 Å². The number of nitrogens with zero attached hydrogens (tertiary/aromatic N) is 3. The predicted molar refractivity (Wildman–Crippen MR) is 143 cm³/mol. The van der Waals surface area contributed by atoms with E-state index in [1.54, 1.807) is 75.6 Å². The first-order chi connectivity index (χ1) is 18.6. The zero-order valence-electron chi connectivity index (χ0n) is 22.2. The van der Waals surface area contributed by atoms with Crippen molar-refractivity contribution in [2.75, 3.05) is 25.0 Å². The van der Waals surface area contributed by atoms with Gasteiger partial charge in [-0.3, -0.25) is 19.4 Å². The monoisotopic (exact) mass is 535 g/mol. The minimum atomic E-state index is -1.43. The fourth-order valence-corrected chi connectivity index (χ4v) is 3.31. The molecule has 39 heavy (non-hydrogen) atoms.